The van der Waals surface area contributed by atoms with Crippen LogP contribution in [-0.2, 0) is 6.42 Å². The van der Waals surface area contributed by atoms with Gasteiger partial charge in [-0.2, -0.15) is 0 Å². The summed E-state index contributed by atoms with van der Waals surface area (Å²) < 4.78 is 13.1. The van der Waals surface area contributed by atoms with E-state index in [9.17, 15) is 4.39 Å². The summed E-state index contributed by atoms with van der Waals surface area (Å²) in [7, 11) is 0. The summed E-state index contributed by atoms with van der Waals surface area (Å²) in [6.45, 7) is 2.12. The minimum atomic E-state index is -1.05. The van der Waals surface area contributed by atoms with Gasteiger partial charge in [-0.15, -0.1) is 0 Å². The van der Waals surface area contributed by atoms with Gasteiger partial charge in [0.05, 0.1) is 0 Å². The molecule has 0 aliphatic heterocycles. The second-order valence-electron chi connectivity index (χ2n) is 4.21. The maximum atomic E-state index is 13.8. The number of benzene rings is 1. The molecule has 0 heterocycles. The van der Waals surface area contributed by atoms with Crippen molar-refractivity contribution >= 4 is 22.6 Å². The predicted octanol–water partition coefficient (Wildman–Crippen LogP) is 4.24. The summed E-state index contributed by atoms with van der Waals surface area (Å²) in [5.41, 5.74) is 2.21. The molecule has 0 fully saturated rings. The van der Waals surface area contributed by atoms with Crippen LogP contribution in [0.3, 0.4) is 0 Å². The van der Waals surface area contributed by atoms with Gasteiger partial charge in [0.15, 0.2) is 0 Å². The Hall–Kier alpha value is -1.08. The second-order valence-corrected chi connectivity index (χ2v) is 6.00. The van der Waals surface area contributed by atoms with Gasteiger partial charge in [-0.25, -0.2) is 4.39 Å². The summed E-state index contributed by atoms with van der Waals surface area (Å²) in [4.78, 5) is 0. The van der Waals surface area contributed by atoms with E-state index in [2.05, 4.69) is 53.5 Å². The van der Waals surface area contributed by atoms with Gasteiger partial charge in [0, 0.05) is 5.56 Å². The van der Waals surface area contributed by atoms with Gasteiger partial charge in [-0.3, -0.25) is 0 Å². The number of halogens is 2. The monoisotopic (exact) mass is 352 g/mol. The smallest absolute Gasteiger partial charge is 0.148 e. The Morgan fingerprint density at radius 2 is 2.00 bits per heavy atom. The van der Waals surface area contributed by atoms with Crippen LogP contribution in [0.4, 0.5) is 4.39 Å². The molecule has 2 unspecified atom stereocenters. The molecule has 0 spiro atoms. The van der Waals surface area contributed by atoms with Crippen molar-refractivity contribution in [3.05, 3.63) is 59.7 Å². The summed E-state index contributed by atoms with van der Waals surface area (Å²) in [5, 5.41) is 0. The van der Waals surface area contributed by atoms with E-state index in [1.807, 2.05) is 24.3 Å². The first-order valence-corrected chi connectivity index (χ1v) is 7.03. The Kier molecular flexibility index (Phi) is 4.23. The number of hydrogen-bond donors (Lipinski definition) is 0. The fourth-order valence-corrected chi connectivity index (χ4v) is 2.24. The lowest BCUT2D eigenvalue weighted by molar-refractivity contribution is 0.387. The normalized spacial score (nSPS) is 25.6. The molecule has 0 nitrogen and oxygen atoms in total. The van der Waals surface area contributed by atoms with Crippen molar-refractivity contribution < 1.29 is 4.39 Å². The van der Waals surface area contributed by atoms with E-state index in [-0.39, 0.29) is 0 Å². The minimum Gasteiger partial charge on any atom is -0.240 e. The fourth-order valence-electron chi connectivity index (χ4n) is 1.69. The van der Waals surface area contributed by atoms with E-state index < -0.39 is 9.59 Å². The molecule has 0 N–H and O–H groups in total. The molecule has 0 amide bonds. The number of rotatable bonds is 1. The Bertz CT molecular complexity index is 530. The van der Waals surface area contributed by atoms with Crippen LogP contribution >= 0.6 is 22.6 Å². The van der Waals surface area contributed by atoms with Crippen LogP contribution in [0.25, 0.3) is 0 Å². The number of aryl methyl sites for hydroxylation is 1. The maximum absolute atomic E-state index is 13.8. The summed E-state index contributed by atoms with van der Waals surface area (Å²) >= 11 is 2.07. The van der Waals surface area contributed by atoms with Crippen LogP contribution in [-0.4, -0.2) is 9.59 Å². The molecule has 0 bridgehead atoms. The van der Waals surface area contributed by atoms with E-state index in [4.69, 9.17) is 0 Å². The van der Waals surface area contributed by atoms with E-state index >= 15 is 0 Å². The standard InChI is InChI=1S/C16H14FI/c1-2-13-6-8-14(9-7-13)10-12-16(18)11-4-3-5-15(16)17/h3-9,11,15H,2H2,1H3. The van der Waals surface area contributed by atoms with E-state index in [1.165, 1.54) is 5.56 Å². The lowest BCUT2D eigenvalue weighted by Gasteiger charge is -2.21. The minimum absolute atomic E-state index is 0.740. The zero-order valence-electron chi connectivity index (χ0n) is 10.2. The van der Waals surface area contributed by atoms with E-state index in [0.717, 1.165) is 12.0 Å². The van der Waals surface area contributed by atoms with Gasteiger partial charge in [-0.1, -0.05) is 71.7 Å². The molecule has 1 aromatic rings. The van der Waals surface area contributed by atoms with Crippen LogP contribution in [0, 0.1) is 11.8 Å². The Morgan fingerprint density at radius 3 is 2.61 bits per heavy atom. The van der Waals surface area contributed by atoms with Gasteiger partial charge < -0.3 is 0 Å². The largest absolute Gasteiger partial charge is 0.240 e. The molecule has 0 aromatic heterocycles. The molecule has 1 aliphatic rings. The zero-order chi connectivity index (χ0) is 13.0. The Labute approximate surface area is 121 Å². The number of hydrogen-bond acceptors (Lipinski definition) is 0. The van der Waals surface area contributed by atoms with E-state index in [0.29, 0.717) is 0 Å². The molecule has 1 aromatic carbocycles. The average Bonchev–Trinajstić information content (AvgIpc) is 2.41. The van der Waals surface area contributed by atoms with E-state index in [1.54, 1.807) is 12.2 Å². The molecule has 92 valence electrons. The van der Waals surface area contributed by atoms with Gasteiger partial charge in [0.25, 0.3) is 0 Å². The Balaban J connectivity index is 2.20. The second kappa shape index (κ2) is 5.71. The van der Waals surface area contributed by atoms with Crippen molar-refractivity contribution in [3.63, 3.8) is 0 Å². The zero-order valence-corrected chi connectivity index (χ0v) is 12.3. The lowest BCUT2D eigenvalue weighted by Crippen LogP contribution is -2.28. The van der Waals surface area contributed by atoms with Gasteiger partial charge >= 0.3 is 0 Å². The molecular formula is C16H14FI. The summed E-state index contributed by atoms with van der Waals surface area (Å²) in [6.07, 6.45) is 6.89. The van der Waals surface area contributed by atoms with Crippen LogP contribution in [0.1, 0.15) is 18.1 Å². The molecular weight excluding hydrogens is 338 g/mol. The molecule has 1 aliphatic carbocycles. The van der Waals surface area contributed by atoms with Crippen LogP contribution in [0.15, 0.2) is 48.6 Å². The average molecular weight is 352 g/mol. The third-order valence-corrected chi connectivity index (χ3v) is 4.12. The van der Waals surface area contributed by atoms with Gasteiger partial charge in [0.1, 0.15) is 9.59 Å². The van der Waals surface area contributed by atoms with Crippen molar-refractivity contribution in [3.8, 4) is 11.8 Å². The molecule has 2 rings (SSSR count). The molecule has 18 heavy (non-hydrogen) atoms. The van der Waals surface area contributed by atoms with Crippen molar-refractivity contribution in [2.45, 2.75) is 22.9 Å². The molecule has 0 saturated carbocycles. The quantitative estimate of drug-likeness (QED) is 0.403. The highest BCUT2D eigenvalue weighted by Gasteiger charge is 2.31. The Morgan fingerprint density at radius 1 is 1.28 bits per heavy atom. The van der Waals surface area contributed by atoms with Crippen LogP contribution in [0.5, 0.6) is 0 Å². The van der Waals surface area contributed by atoms with Crippen molar-refractivity contribution in [1.82, 2.24) is 0 Å². The molecule has 2 heteroatoms. The lowest BCUT2D eigenvalue weighted by atomic mass is 9.99. The molecule has 0 radical (unpaired) electrons. The third kappa shape index (κ3) is 3.02. The van der Waals surface area contributed by atoms with Gasteiger partial charge in [0.2, 0.25) is 0 Å². The first-order chi connectivity index (χ1) is 8.64. The van der Waals surface area contributed by atoms with Crippen LogP contribution in [0.2, 0.25) is 0 Å². The molecule has 0 saturated heterocycles. The first kappa shape index (κ1) is 13.4. The first-order valence-electron chi connectivity index (χ1n) is 5.95. The number of allylic oxidation sites excluding steroid dienone is 4. The van der Waals surface area contributed by atoms with Crippen molar-refractivity contribution in [2.75, 3.05) is 0 Å². The summed E-state index contributed by atoms with van der Waals surface area (Å²) in [6, 6.07) is 8.10. The van der Waals surface area contributed by atoms with Crippen molar-refractivity contribution in [1.29, 1.82) is 0 Å². The molecule has 2 atom stereocenters. The highest BCUT2D eigenvalue weighted by atomic mass is 127. The summed E-state index contributed by atoms with van der Waals surface area (Å²) in [5.74, 6) is 6.08. The third-order valence-electron chi connectivity index (χ3n) is 2.89. The number of alkyl halides is 2. The van der Waals surface area contributed by atoms with Crippen LogP contribution < -0.4 is 0 Å². The SMILES string of the molecule is CCc1ccc(C#CC2(I)C=CC=CC2F)cc1. The maximum Gasteiger partial charge on any atom is 0.148 e. The topological polar surface area (TPSA) is 0 Å². The fraction of sp³-hybridized carbons (Fsp3) is 0.250. The highest BCUT2D eigenvalue weighted by Crippen LogP contribution is 2.30. The van der Waals surface area contributed by atoms with Gasteiger partial charge in [-0.05, 0) is 30.2 Å². The highest BCUT2D eigenvalue weighted by molar-refractivity contribution is 14.1. The predicted molar refractivity (Wildman–Crippen MR) is 82.6 cm³/mol. The van der Waals surface area contributed by atoms with Crippen molar-refractivity contribution in [2.24, 2.45) is 0 Å².